The van der Waals surface area contributed by atoms with Crippen molar-refractivity contribution in [2.75, 3.05) is 11.4 Å². The van der Waals surface area contributed by atoms with Gasteiger partial charge in [0.25, 0.3) is 0 Å². The lowest BCUT2D eigenvalue weighted by atomic mass is 10.1. The van der Waals surface area contributed by atoms with Gasteiger partial charge in [-0.15, -0.1) is 0 Å². The van der Waals surface area contributed by atoms with Crippen LogP contribution >= 0.6 is 0 Å². The normalized spacial score (nSPS) is 15.3. The van der Waals surface area contributed by atoms with E-state index < -0.39 is 5.97 Å². The van der Waals surface area contributed by atoms with Gasteiger partial charge < -0.3 is 10.0 Å². The van der Waals surface area contributed by atoms with E-state index in [4.69, 9.17) is 10.4 Å². The SMILES string of the molecule is N#Cc1cccnc1N(CC(=O)O)C1CCCC1. The van der Waals surface area contributed by atoms with Gasteiger partial charge in [0.2, 0.25) is 0 Å². The minimum atomic E-state index is -0.892. The van der Waals surface area contributed by atoms with Crippen LogP contribution in [0.25, 0.3) is 0 Å². The number of rotatable bonds is 4. The van der Waals surface area contributed by atoms with E-state index in [0.29, 0.717) is 11.4 Å². The standard InChI is InChI=1S/C13H15N3O2/c14-8-10-4-3-7-15-13(10)16(9-12(17)18)11-5-1-2-6-11/h3-4,7,11H,1-2,5-6,9H2,(H,17,18). The maximum absolute atomic E-state index is 11.0. The number of hydrogen-bond donors (Lipinski definition) is 1. The lowest BCUT2D eigenvalue weighted by molar-refractivity contribution is -0.135. The third-order valence-electron chi connectivity index (χ3n) is 3.25. The van der Waals surface area contributed by atoms with Crippen LogP contribution < -0.4 is 4.90 Å². The van der Waals surface area contributed by atoms with Gasteiger partial charge in [-0.3, -0.25) is 4.79 Å². The Balaban J connectivity index is 2.32. The Kier molecular flexibility index (Phi) is 3.78. The third kappa shape index (κ3) is 2.59. The molecular weight excluding hydrogens is 230 g/mol. The zero-order valence-corrected chi connectivity index (χ0v) is 10.0. The summed E-state index contributed by atoms with van der Waals surface area (Å²) >= 11 is 0. The zero-order valence-electron chi connectivity index (χ0n) is 10.0. The number of carbonyl (C=O) groups is 1. The predicted molar refractivity (Wildman–Crippen MR) is 66.2 cm³/mol. The first-order valence-electron chi connectivity index (χ1n) is 6.06. The molecule has 1 aliphatic rings. The average Bonchev–Trinajstić information content (AvgIpc) is 2.89. The molecule has 0 saturated heterocycles. The molecule has 0 aromatic carbocycles. The summed E-state index contributed by atoms with van der Waals surface area (Å²) in [6.45, 7) is -0.101. The van der Waals surface area contributed by atoms with Crippen LogP contribution in [0.3, 0.4) is 0 Å². The molecule has 1 saturated carbocycles. The summed E-state index contributed by atoms with van der Waals surface area (Å²) in [7, 11) is 0. The van der Waals surface area contributed by atoms with Gasteiger partial charge in [0.1, 0.15) is 18.4 Å². The predicted octanol–water partition coefficient (Wildman–Crippen LogP) is 1.79. The van der Waals surface area contributed by atoms with Crippen LogP contribution in [-0.4, -0.2) is 28.6 Å². The Bertz CT molecular complexity index is 475. The fourth-order valence-electron chi connectivity index (χ4n) is 2.45. The summed E-state index contributed by atoms with van der Waals surface area (Å²) in [5.41, 5.74) is 0.436. The van der Waals surface area contributed by atoms with Crippen molar-refractivity contribution in [3.05, 3.63) is 23.9 Å². The monoisotopic (exact) mass is 245 g/mol. The summed E-state index contributed by atoms with van der Waals surface area (Å²) < 4.78 is 0. The van der Waals surface area contributed by atoms with E-state index in [1.54, 1.807) is 23.2 Å². The first kappa shape index (κ1) is 12.4. The van der Waals surface area contributed by atoms with Gasteiger partial charge in [0.05, 0.1) is 5.56 Å². The summed E-state index contributed by atoms with van der Waals surface area (Å²) in [5.74, 6) is -0.397. The highest BCUT2D eigenvalue weighted by molar-refractivity contribution is 5.74. The largest absolute Gasteiger partial charge is 0.480 e. The molecule has 1 aliphatic carbocycles. The number of aliphatic carboxylic acids is 1. The first-order chi connectivity index (χ1) is 8.72. The smallest absolute Gasteiger partial charge is 0.323 e. The minimum Gasteiger partial charge on any atom is -0.480 e. The second-order valence-electron chi connectivity index (χ2n) is 4.45. The van der Waals surface area contributed by atoms with Gasteiger partial charge in [0, 0.05) is 12.2 Å². The van der Waals surface area contributed by atoms with Crippen LogP contribution in [0.15, 0.2) is 18.3 Å². The first-order valence-corrected chi connectivity index (χ1v) is 6.06. The number of carboxylic acid groups (broad SMARTS) is 1. The lowest BCUT2D eigenvalue weighted by Gasteiger charge is -2.28. The van der Waals surface area contributed by atoms with E-state index >= 15 is 0 Å². The number of nitrogens with zero attached hydrogens (tertiary/aromatic N) is 3. The summed E-state index contributed by atoms with van der Waals surface area (Å²) in [6.07, 6.45) is 5.74. The molecule has 5 heteroatoms. The molecule has 2 rings (SSSR count). The van der Waals surface area contributed by atoms with Gasteiger partial charge in [-0.05, 0) is 25.0 Å². The molecule has 0 bridgehead atoms. The van der Waals surface area contributed by atoms with E-state index in [1.165, 1.54) is 0 Å². The molecule has 18 heavy (non-hydrogen) atoms. The van der Waals surface area contributed by atoms with Crippen LogP contribution in [-0.2, 0) is 4.79 Å². The van der Waals surface area contributed by atoms with E-state index in [0.717, 1.165) is 25.7 Å². The molecule has 1 aromatic rings. The quantitative estimate of drug-likeness (QED) is 0.875. The number of hydrogen-bond acceptors (Lipinski definition) is 4. The second kappa shape index (κ2) is 5.50. The molecule has 1 aromatic heterocycles. The summed E-state index contributed by atoms with van der Waals surface area (Å²) in [4.78, 5) is 16.9. The molecule has 0 unspecified atom stereocenters. The van der Waals surface area contributed by atoms with Crippen molar-refractivity contribution < 1.29 is 9.90 Å². The molecule has 0 amide bonds. The van der Waals surface area contributed by atoms with Gasteiger partial charge in [-0.2, -0.15) is 5.26 Å². The Morgan fingerprint density at radius 3 is 2.89 bits per heavy atom. The molecule has 0 aliphatic heterocycles. The van der Waals surface area contributed by atoms with Crippen molar-refractivity contribution in [2.45, 2.75) is 31.7 Å². The second-order valence-corrected chi connectivity index (χ2v) is 4.45. The van der Waals surface area contributed by atoms with Gasteiger partial charge >= 0.3 is 5.97 Å². The molecule has 0 radical (unpaired) electrons. The van der Waals surface area contributed by atoms with Crippen molar-refractivity contribution in [2.24, 2.45) is 0 Å². The number of pyridine rings is 1. The van der Waals surface area contributed by atoms with Crippen molar-refractivity contribution in [3.8, 4) is 6.07 Å². The molecule has 1 N–H and O–H groups in total. The highest BCUT2D eigenvalue weighted by atomic mass is 16.4. The van der Waals surface area contributed by atoms with Gasteiger partial charge in [-0.25, -0.2) is 4.98 Å². The molecule has 5 nitrogen and oxygen atoms in total. The van der Waals surface area contributed by atoms with Gasteiger partial charge in [0.15, 0.2) is 0 Å². The molecule has 94 valence electrons. The van der Waals surface area contributed by atoms with E-state index in [2.05, 4.69) is 11.1 Å². The van der Waals surface area contributed by atoms with Crippen molar-refractivity contribution in [1.82, 2.24) is 4.98 Å². The van der Waals surface area contributed by atoms with E-state index in [-0.39, 0.29) is 12.6 Å². The fraction of sp³-hybridized carbons (Fsp3) is 0.462. The number of carboxylic acids is 1. The highest BCUT2D eigenvalue weighted by Gasteiger charge is 2.26. The maximum Gasteiger partial charge on any atom is 0.323 e. The Hall–Kier alpha value is -2.09. The summed E-state index contributed by atoms with van der Waals surface area (Å²) in [6, 6.07) is 5.62. The van der Waals surface area contributed by atoms with Crippen molar-refractivity contribution >= 4 is 11.8 Å². The van der Waals surface area contributed by atoms with E-state index in [9.17, 15) is 4.79 Å². The zero-order chi connectivity index (χ0) is 13.0. The molecule has 1 fully saturated rings. The van der Waals surface area contributed by atoms with E-state index in [1.807, 2.05) is 0 Å². The van der Waals surface area contributed by atoms with Crippen LogP contribution in [0, 0.1) is 11.3 Å². The maximum atomic E-state index is 11.0. The van der Waals surface area contributed by atoms with Crippen LogP contribution in [0.4, 0.5) is 5.82 Å². The van der Waals surface area contributed by atoms with Crippen LogP contribution in [0.2, 0.25) is 0 Å². The summed E-state index contributed by atoms with van der Waals surface area (Å²) in [5, 5.41) is 18.1. The minimum absolute atomic E-state index is 0.101. The van der Waals surface area contributed by atoms with Crippen LogP contribution in [0.5, 0.6) is 0 Å². The average molecular weight is 245 g/mol. The molecule has 1 heterocycles. The molecular formula is C13H15N3O2. The number of nitriles is 1. The lowest BCUT2D eigenvalue weighted by Crippen LogP contribution is -2.38. The van der Waals surface area contributed by atoms with Gasteiger partial charge in [-0.1, -0.05) is 12.8 Å². The Morgan fingerprint density at radius 1 is 1.56 bits per heavy atom. The number of anilines is 1. The molecule has 0 spiro atoms. The fourth-order valence-corrected chi connectivity index (χ4v) is 2.45. The third-order valence-corrected chi connectivity index (χ3v) is 3.25. The van der Waals surface area contributed by atoms with Crippen molar-refractivity contribution in [1.29, 1.82) is 5.26 Å². The Morgan fingerprint density at radius 2 is 2.28 bits per heavy atom. The van der Waals surface area contributed by atoms with Crippen LogP contribution in [0.1, 0.15) is 31.2 Å². The molecule has 0 atom stereocenters. The topological polar surface area (TPSA) is 77.2 Å². The highest BCUT2D eigenvalue weighted by Crippen LogP contribution is 2.28. The number of aromatic nitrogens is 1. The van der Waals surface area contributed by atoms with Crippen molar-refractivity contribution in [3.63, 3.8) is 0 Å². The Labute approximate surface area is 106 Å².